The molecule has 2 aromatic heterocycles. The largest absolute Gasteiger partial charge is 0.484 e. The second kappa shape index (κ2) is 10.7. The SMILES string of the molecule is Cc1cn(C)nc1Nc1n[nH]c(-c2ccc(NS(=O)(=O)C(F)F)c(OC(C)c3ccc(F)cc3)c2)c1C(N)=O. The molecule has 0 aliphatic heterocycles. The molecule has 0 aliphatic carbocycles. The second-order valence-electron chi connectivity index (χ2n) is 8.58. The van der Waals surface area contributed by atoms with Gasteiger partial charge >= 0.3 is 5.76 Å². The Morgan fingerprint density at radius 2 is 1.85 bits per heavy atom. The quantitative estimate of drug-likeness (QED) is 0.225. The van der Waals surface area contributed by atoms with Crippen LogP contribution in [-0.2, 0) is 17.1 Å². The first-order valence-electron chi connectivity index (χ1n) is 11.4. The number of anilines is 3. The molecule has 0 aliphatic rings. The van der Waals surface area contributed by atoms with E-state index in [9.17, 15) is 26.4 Å². The van der Waals surface area contributed by atoms with E-state index in [2.05, 4.69) is 20.6 Å². The Morgan fingerprint density at radius 3 is 2.44 bits per heavy atom. The first-order chi connectivity index (χ1) is 18.4. The van der Waals surface area contributed by atoms with Crippen LogP contribution in [0, 0.1) is 12.7 Å². The molecule has 39 heavy (non-hydrogen) atoms. The monoisotopic (exact) mass is 563 g/mol. The number of ether oxygens (including phenoxy) is 1. The van der Waals surface area contributed by atoms with Crippen molar-refractivity contribution in [3.05, 3.63) is 71.2 Å². The first kappa shape index (κ1) is 27.5. The van der Waals surface area contributed by atoms with Crippen molar-refractivity contribution < 1.29 is 31.1 Å². The third-order valence-corrected chi connectivity index (χ3v) is 6.64. The zero-order chi connectivity index (χ0) is 28.5. The number of aromatic amines is 1. The van der Waals surface area contributed by atoms with E-state index in [4.69, 9.17) is 10.5 Å². The van der Waals surface area contributed by atoms with Crippen molar-refractivity contribution in [3.63, 3.8) is 0 Å². The van der Waals surface area contributed by atoms with Crippen molar-refractivity contribution in [1.82, 2.24) is 20.0 Å². The zero-order valence-electron chi connectivity index (χ0n) is 20.9. The number of nitrogens with one attached hydrogen (secondary N) is 3. The van der Waals surface area contributed by atoms with Gasteiger partial charge < -0.3 is 15.8 Å². The fraction of sp³-hybridized carbons (Fsp3) is 0.208. The van der Waals surface area contributed by atoms with Crippen LogP contribution in [0.1, 0.15) is 34.5 Å². The molecule has 5 N–H and O–H groups in total. The van der Waals surface area contributed by atoms with Crippen LogP contribution in [-0.4, -0.2) is 40.1 Å². The molecular weight excluding hydrogens is 539 g/mol. The van der Waals surface area contributed by atoms with E-state index in [0.717, 1.165) is 5.56 Å². The van der Waals surface area contributed by atoms with E-state index in [1.165, 1.54) is 42.5 Å². The van der Waals surface area contributed by atoms with Gasteiger partial charge in [0.25, 0.3) is 15.9 Å². The van der Waals surface area contributed by atoms with Crippen molar-refractivity contribution in [3.8, 4) is 17.0 Å². The standard InChI is InChI=1S/C24H24F3N7O4S/c1-12-11-34(3)32-22(12)29-23-19(21(28)35)20(30-31-23)15-6-9-17(33-39(36,37)24(26)27)18(10-15)38-13(2)14-4-7-16(25)8-5-14/h4-11,13,24,33H,1-3H3,(H2,28,35)(H2,29,30,31,32). The van der Waals surface area contributed by atoms with Crippen molar-refractivity contribution in [2.24, 2.45) is 12.8 Å². The van der Waals surface area contributed by atoms with Gasteiger partial charge in [-0.15, -0.1) is 0 Å². The summed E-state index contributed by atoms with van der Waals surface area (Å²) in [6, 6.07) is 9.26. The minimum atomic E-state index is -5.04. The third-order valence-electron chi connectivity index (χ3n) is 5.66. The number of hydrogen-bond donors (Lipinski definition) is 4. The summed E-state index contributed by atoms with van der Waals surface area (Å²) < 4.78 is 72.6. The fourth-order valence-electron chi connectivity index (χ4n) is 3.77. The highest BCUT2D eigenvalue weighted by Gasteiger charge is 2.27. The van der Waals surface area contributed by atoms with E-state index in [1.54, 1.807) is 31.8 Å². The lowest BCUT2D eigenvalue weighted by Gasteiger charge is -2.19. The van der Waals surface area contributed by atoms with E-state index < -0.39 is 33.6 Å². The van der Waals surface area contributed by atoms with Gasteiger partial charge in [-0.2, -0.15) is 19.0 Å². The molecule has 206 valence electrons. The Balaban J connectivity index is 1.76. The van der Waals surface area contributed by atoms with Crippen LogP contribution in [0.25, 0.3) is 11.3 Å². The van der Waals surface area contributed by atoms with Gasteiger partial charge in [0.2, 0.25) is 0 Å². The number of halogens is 3. The number of carbonyl (C=O) groups is 1. The maximum absolute atomic E-state index is 13.4. The number of nitrogens with zero attached hydrogens (tertiary/aromatic N) is 3. The predicted octanol–water partition coefficient (Wildman–Crippen LogP) is 4.20. The van der Waals surface area contributed by atoms with Crippen molar-refractivity contribution in [2.75, 3.05) is 10.0 Å². The molecule has 0 fully saturated rings. The number of benzene rings is 2. The summed E-state index contributed by atoms with van der Waals surface area (Å²) in [7, 11) is -3.31. The minimum absolute atomic E-state index is 0.0292. The van der Waals surface area contributed by atoms with E-state index in [0.29, 0.717) is 11.4 Å². The molecule has 11 nitrogen and oxygen atoms in total. The maximum atomic E-state index is 13.4. The molecular formula is C24H24F3N7O4S. The van der Waals surface area contributed by atoms with E-state index >= 15 is 0 Å². The van der Waals surface area contributed by atoms with Gasteiger partial charge in [0.1, 0.15) is 23.2 Å². The number of rotatable bonds is 10. The summed E-state index contributed by atoms with van der Waals surface area (Å²) >= 11 is 0. The molecule has 4 aromatic rings. The predicted molar refractivity (Wildman–Crippen MR) is 138 cm³/mol. The first-order valence-corrected chi connectivity index (χ1v) is 12.9. The smallest absolute Gasteiger partial charge is 0.355 e. The van der Waals surface area contributed by atoms with Gasteiger partial charge in [-0.3, -0.25) is 19.3 Å². The van der Waals surface area contributed by atoms with Gasteiger partial charge in [-0.1, -0.05) is 18.2 Å². The highest BCUT2D eigenvalue weighted by atomic mass is 32.2. The van der Waals surface area contributed by atoms with Crippen LogP contribution >= 0.6 is 0 Å². The maximum Gasteiger partial charge on any atom is 0.355 e. The number of alkyl halides is 2. The number of aromatic nitrogens is 4. The number of sulfonamides is 1. The van der Waals surface area contributed by atoms with Crippen molar-refractivity contribution in [2.45, 2.75) is 25.7 Å². The van der Waals surface area contributed by atoms with Gasteiger partial charge in [-0.25, -0.2) is 12.8 Å². The number of hydrogen-bond acceptors (Lipinski definition) is 7. The average Bonchev–Trinajstić information content (AvgIpc) is 3.42. The lowest BCUT2D eigenvalue weighted by Crippen LogP contribution is -2.21. The average molecular weight is 564 g/mol. The lowest BCUT2D eigenvalue weighted by atomic mass is 10.1. The highest BCUT2D eigenvalue weighted by Crippen LogP contribution is 2.37. The number of H-pyrrole nitrogens is 1. The normalized spacial score (nSPS) is 12.4. The molecule has 0 saturated heterocycles. The lowest BCUT2D eigenvalue weighted by molar-refractivity contribution is 0.100. The summed E-state index contributed by atoms with van der Waals surface area (Å²) in [5.74, 6) is -4.62. The minimum Gasteiger partial charge on any atom is -0.484 e. The molecule has 1 amide bonds. The third kappa shape index (κ3) is 5.98. The number of amides is 1. The van der Waals surface area contributed by atoms with Gasteiger partial charge in [0.15, 0.2) is 11.6 Å². The Kier molecular flexibility index (Phi) is 7.53. The Hall–Kier alpha value is -4.53. The van der Waals surface area contributed by atoms with Crippen LogP contribution in [0.2, 0.25) is 0 Å². The number of primary amides is 1. The summed E-state index contributed by atoms with van der Waals surface area (Å²) in [4.78, 5) is 12.4. The van der Waals surface area contributed by atoms with Crippen LogP contribution in [0.4, 0.5) is 30.5 Å². The molecule has 4 rings (SSSR count). The Labute approximate surface area is 221 Å². The summed E-state index contributed by atoms with van der Waals surface area (Å²) in [6.07, 6.45) is 1.00. The molecule has 2 heterocycles. The van der Waals surface area contributed by atoms with Crippen LogP contribution in [0.3, 0.4) is 0 Å². The Bertz CT molecular complexity index is 1620. The van der Waals surface area contributed by atoms with Crippen LogP contribution < -0.4 is 20.5 Å². The number of carbonyl (C=O) groups excluding carboxylic acids is 1. The molecule has 0 radical (unpaired) electrons. The molecule has 15 heteroatoms. The number of aryl methyl sites for hydroxylation is 2. The molecule has 0 saturated carbocycles. The summed E-state index contributed by atoms with van der Waals surface area (Å²) in [6.45, 7) is 3.41. The van der Waals surface area contributed by atoms with Gasteiger partial charge in [0, 0.05) is 24.4 Å². The molecule has 0 bridgehead atoms. The number of nitrogens with two attached hydrogens (primary N) is 1. The summed E-state index contributed by atoms with van der Waals surface area (Å²) in [5, 5.41) is 14.1. The van der Waals surface area contributed by atoms with Crippen LogP contribution in [0.15, 0.2) is 48.7 Å². The highest BCUT2D eigenvalue weighted by molar-refractivity contribution is 7.93. The fourth-order valence-corrected chi connectivity index (χ4v) is 4.34. The second-order valence-corrected chi connectivity index (χ2v) is 10.2. The van der Waals surface area contributed by atoms with Crippen LogP contribution in [0.5, 0.6) is 5.75 Å². The van der Waals surface area contributed by atoms with Crippen molar-refractivity contribution >= 4 is 33.3 Å². The molecule has 1 unspecified atom stereocenters. The van der Waals surface area contributed by atoms with Crippen molar-refractivity contribution in [1.29, 1.82) is 0 Å². The topological polar surface area (TPSA) is 157 Å². The summed E-state index contributed by atoms with van der Waals surface area (Å²) in [5.41, 5.74) is 7.08. The van der Waals surface area contributed by atoms with Gasteiger partial charge in [0.05, 0.1) is 11.4 Å². The zero-order valence-corrected chi connectivity index (χ0v) is 21.7. The molecule has 1 atom stereocenters. The Morgan fingerprint density at radius 1 is 1.15 bits per heavy atom. The van der Waals surface area contributed by atoms with Gasteiger partial charge in [-0.05, 0) is 43.7 Å². The molecule has 2 aromatic carbocycles. The van der Waals surface area contributed by atoms with E-state index in [1.807, 2.05) is 4.72 Å². The van der Waals surface area contributed by atoms with E-state index in [-0.39, 0.29) is 34.1 Å². The molecule has 0 spiro atoms.